The maximum atomic E-state index is 14.0. The minimum absolute atomic E-state index is 0.0852. The summed E-state index contributed by atoms with van der Waals surface area (Å²) in [5.41, 5.74) is 0.742. The Kier molecular flexibility index (Phi) is 5.89. The van der Waals surface area contributed by atoms with E-state index in [-0.39, 0.29) is 10.6 Å². The van der Waals surface area contributed by atoms with Crippen LogP contribution in [0.3, 0.4) is 0 Å². The second kappa shape index (κ2) is 7.96. The first-order valence-electron chi connectivity index (χ1n) is 7.34. The number of carbonyl (C=O) groups is 1. The van der Waals surface area contributed by atoms with Gasteiger partial charge in [-0.2, -0.15) is 0 Å². The van der Waals surface area contributed by atoms with E-state index in [9.17, 15) is 9.18 Å². The minimum atomic E-state index is -0.644. The Balaban J connectivity index is 1.75. The molecule has 3 rings (SSSR count). The summed E-state index contributed by atoms with van der Waals surface area (Å²) < 4.78 is 14.0. The second-order valence-corrected chi connectivity index (χ2v) is 7.44. The van der Waals surface area contributed by atoms with Crippen LogP contribution in [0.4, 0.5) is 4.39 Å². The van der Waals surface area contributed by atoms with Crippen LogP contribution in [0.25, 0.3) is 0 Å². The number of carbonyl (C=O) groups excluding carboxylic acids is 1. The molecule has 130 valence electrons. The highest BCUT2D eigenvalue weighted by Gasteiger charge is 2.28. The molecule has 2 aromatic rings. The molecule has 1 aliphatic rings. The van der Waals surface area contributed by atoms with Gasteiger partial charge in [0.25, 0.3) is 5.91 Å². The summed E-state index contributed by atoms with van der Waals surface area (Å²) in [4.78, 5) is 18.5. The SMILES string of the molecule is O=C(c1c(F)cccc1Cl)N1CCN=C1SCc1ccc(Cl)cc1Cl. The van der Waals surface area contributed by atoms with E-state index in [1.165, 1.54) is 34.9 Å². The topological polar surface area (TPSA) is 32.7 Å². The zero-order valence-electron chi connectivity index (χ0n) is 12.8. The fourth-order valence-electron chi connectivity index (χ4n) is 2.36. The van der Waals surface area contributed by atoms with Crippen molar-refractivity contribution in [2.45, 2.75) is 5.75 Å². The van der Waals surface area contributed by atoms with Crippen LogP contribution in [0.2, 0.25) is 15.1 Å². The first kappa shape index (κ1) is 18.5. The van der Waals surface area contributed by atoms with E-state index < -0.39 is 11.7 Å². The highest BCUT2D eigenvalue weighted by atomic mass is 35.5. The summed E-state index contributed by atoms with van der Waals surface area (Å²) in [6.07, 6.45) is 0. The van der Waals surface area contributed by atoms with E-state index in [4.69, 9.17) is 34.8 Å². The smallest absolute Gasteiger partial charge is 0.264 e. The van der Waals surface area contributed by atoms with Crippen molar-refractivity contribution in [1.82, 2.24) is 4.90 Å². The van der Waals surface area contributed by atoms with Crippen molar-refractivity contribution >= 4 is 57.6 Å². The fourth-order valence-corrected chi connectivity index (χ4v) is 4.20. The van der Waals surface area contributed by atoms with Gasteiger partial charge < -0.3 is 0 Å². The van der Waals surface area contributed by atoms with Crippen LogP contribution in [0.1, 0.15) is 15.9 Å². The molecule has 1 aliphatic heterocycles. The summed E-state index contributed by atoms with van der Waals surface area (Å²) in [6.45, 7) is 0.856. The molecule has 0 fully saturated rings. The average molecular weight is 418 g/mol. The number of halogens is 4. The summed E-state index contributed by atoms with van der Waals surface area (Å²) in [7, 11) is 0. The van der Waals surface area contributed by atoms with E-state index in [0.717, 1.165) is 5.56 Å². The Morgan fingerprint density at radius 2 is 2.00 bits per heavy atom. The maximum absolute atomic E-state index is 14.0. The zero-order valence-corrected chi connectivity index (χ0v) is 15.9. The van der Waals surface area contributed by atoms with Gasteiger partial charge in [0.05, 0.1) is 17.1 Å². The average Bonchev–Trinajstić information content (AvgIpc) is 3.02. The molecule has 3 nitrogen and oxygen atoms in total. The lowest BCUT2D eigenvalue weighted by Gasteiger charge is -2.19. The molecule has 0 aromatic heterocycles. The Morgan fingerprint density at radius 3 is 2.72 bits per heavy atom. The molecule has 0 saturated heterocycles. The van der Waals surface area contributed by atoms with Crippen LogP contribution in [0.5, 0.6) is 0 Å². The summed E-state index contributed by atoms with van der Waals surface area (Å²) in [5, 5.41) is 1.72. The Bertz CT molecular complexity index is 840. The Morgan fingerprint density at radius 1 is 1.20 bits per heavy atom. The summed E-state index contributed by atoms with van der Waals surface area (Å²) in [5.74, 6) is -0.618. The number of nitrogens with zero attached hydrogens (tertiary/aromatic N) is 2. The lowest BCUT2D eigenvalue weighted by molar-refractivity contribution is 0.0856. The quantitative estimate of drug-likeness (QED) is 0.657. The van der Waals surface area contributed by atoms with Crippen LogP contribution in [-0.4, -0.2) is 29.1 Å². The first-order valence-corrected chi connectivity index (χ1v) is 9.46. The number of rotatable bonds is 3. The first-order chi connectivity index (χ1) is 12.0. The van der Waals surface area contributed by atoms with Gasteiger partial charge in [-0.05, 0) is 29.8 Å². The molecule has 0 atom stereocenters. The largest absolute Gasteiger partial charge is 0.285 e. The molecular formula is C17H12Cl3FN2OS. The van der Waals surface area contributed by atoms with Crippen molar-refractivity contribution in [3.05, 3.63) is 68.4 Å². The van der Waals surface area contributed by atoms with Gasteiger partial charge in [0.2, 0.25) is 0 Å². The highest BCUT2D eigenvalue weighted by molar-refractivity contribution is 8.13. The minimum Gasteiger partial charge on any atom is -0.285 e. The van der Waals surface area contributed by atoms with Crippen LogP contribution in [-0.2, 0) is 5.75 Å². The number of benzene rings is 2. The van der Waals surface area contributed by atoms with Gasteiger partial charge in [-0.15, -0.1) is 0 Å². The van der Waals surface area contributed by atoms with Gasteiger partial charge in [-0.25, -0.2) is 4.39 Å². The van der Waals surface area contributed by atoms with E-state index >= 15 is 0 Å². The van der Waals surface area contributed by atoms with Crippen LogP contribution < -0.4 is 0 Å². The highest BCUT2D eigenvalue weighted by Crippen LogP contribution is 2.28. The normalized spacial score (nSPS) is 13.9. The molecule has 0 bridgehead atoms. The van der Waals surface area contributed by atoms with Crippen molar-refractivity contribution in [3.63, 3.8) is 0 Å². The second-order valence-electron chi connectivity index (χ2n) is 5.24. The standard InChI is InChI=1S/C17H12Cl3FN2OS/c18-11-5-4-10(13(20)8-11)9-25-17-22-6-7-23(17)16(24)15-12(19)2-1-3-14(15)21/h1-5,8H,6-7,9H2. The van der Waals surface area contributed by atoms with E-state index in [1.807, 2.05) is 6.07 Å². The molecule has 0 unspecified atom stereocenters. The summed E-state index contributed by atoms with van der Waals surface area (Å²) in [6, 6.07) is 9.41. The number of thioether (sulfide) groups is 1. The van der Waals surface area contributed by atoms with E-state index in [1.54, 1.807) is 12.1 Å². The molecule has 0 spiro atoms. The van der Waals surface area contributed by atoms with Gasteiger partial charge in [0.1, 0.15) is 5.82 Å². The predicted molar refractivity (Wildman–Crippen MR) is 103 cm³/mol. The van der Waals surface area contributed by atoms with Gasteiger partial charge in [-0.3, -0.25) is 14.7 Å². The Hall–Kier alpha value is -1.27. The molecule has 0 radical (unpaired) electrons. The van der Waals surface area contributed by atoms with Crippen molar-refractivity contribution in [2.24, 2.45) is 4.99 Å². The number of aliphatic imine (C=N–C) groups is 1. The van der Waals surface area contributed by atoms with E-state index in [0.29, 0.717) is 34.1 Å². The van der Waals surface area contributed by atoms with Crippen molar-refractivity contribution in [2.75, 3.05) is 13.1 Å². The van der Waals surface area contributed by atoms with Crippen molar-refractivity contribution in [1.29, 1.82) is 0 Å². The van der Waals surface area contributed by atoms with Crippen LogP contribution in [0, 0.1) is 5.82 Å². The molecule has 2 aromatic carbocycles. The fraction of sp³-hybridized carbons (Fsp3) is 0.176. The van der Waals surface area contributed by atoms with Crippen LogP contribution in [0.15, 0.2) is 41.4 Å². The van der Waals surface area contributed by atoms with Crippen molar-refractivity contribution < 1.29 is 9.18 Å². The van der Waals surface area contributed by atoms with Crippen molar-refractivity contribution in [3.8, 4) is 0 Å². The van der Waals surface area contributed by atoms with E-state index in [2.05, 4.69) is 4.99 Å². The van der Waals surface area contributed by atoms with Gasteiger partial charge >= 0.3 is 0 Å². The third kappa shape index (κ3) is 4.11. The molecule has 0 N–H and O–H groups in total. The maximum Gasteiger partial charge on any atom is 0.264 e. The molecule has 1 amide bonds. The predicted octanol–water partition coefficient (Wildman–Crippen LogP) is 5.53. The van der Waals surface area contributed by atoms with Gasteiger partial charge in [0, 0.05) is 22.3 Å². The van der Waals surface area contributed by atoms with Crippen LogP contribution >= 0.6 is 46.6 Å². The van der Waals surface area contributed by atoms with Gasteiger partial charge in [0.15, 0.2) is 5.17 Å². The number of amides is 1. The van der Waals surface area contributed by atoms with Gasteiger partial charge in [-0.1, -0.05) is 58.7 Å². The molecule has 0 saturated carbocycles. The monoisotopic (exact) mass is 416 g/mol. The number of hydrogen-bond acceptors (Lipinski definition) is 3. The Labute approximate surface area is 163 Å². The third-order valence-corrected chi connectivity index (χ3v) is 5.56. The number of amidine groups is 1. The lowest BCUT2D eigenvalue weighted by atomic mass is 10.2. The molecule has 1 heterocycles. The summed E-state index contributed by atoms with van der Waals surface area (Å²) >= 11 is 19.4. The lowest BCUT2D eigenvalue weighted by Crippen LogP contribution is -2.33. The molecule has 25 heavy (non-hydrogen) atoms. The molecule has 0 aliphatic carbocycles. The molecule has 8 heteroatoms. The molecular weight excluding hydrogens is 406 g/mol. The number of hydrogen-bond donors (Lipinski definition) is 0. The zero-order chi connectivity index (χ0) is 18.0. The third-order valence-electron chi connectivity index (χ3n) is 3.60.